The second-order valence-electron chi connectivity index (χ2n) is 7.42. The van der Waals surface area contributed by atoms with Crippen LogP contribution in [0.15, 0.2) is 18.5 Å². The molecule has 3 rings (SSSR count). The van der Waals surface area contributed by atoms with Gasteiger partial charge in [-0.1, -0.05) is 27.7 Å². The number of amides is 1. The molecule has 0 radical (unpaired) electrons. The summed E-state index contributed by atoms with van der Waals surface area (Å²) >= 11 is 0. The van der Waals surface area contributed by atoms with E-state index in [1.165, 1.54) is 0 Å². The molecule has 2 aromatic rings. The fourth-order valence-corrected chi connectivity index (χ4v) is 3.51. The Kier molecular flexibility index (Phi) is 4.88. The molecular formula is C19H28N4O. The number of pyridine rings is 1. The summed E-state index contributed by atoms with van der Waals surface area (Å²) < 4.78 is 2.31. The van der Waals surface area contributed by atoms with E-state index in [1.54, 1.807) is 6.20 Å². The van der Waals surface area contributed by atoms with Gasteiger partial charge in [-0.05, 0) is 24.8 Å². The molecule has 1 amide bonds. The Balaban J connectivity index is 1.88. The number of likely N-dealkylation sites (tertiary alicyclic amines) is 1. The summed E-state index contributed by atoms with van der Waals surface area (Å²) in [5, 5.41) is 0. The van der Waals surface area contributed by atoms with Gasteiger partial charge >= 0.3 is 0 Å². The summed E-state index contributed by atoms with van der Waals surface area (Å²) in [6.45, 7) is 11.1. The van der Waals surface area contributed by atoms with Crippen molar-refractivity contribution in [1.82, 2.24) is 19.4 Å². The molecule has 3 heterocycles. The number of aromatic nitrogens is 3. The molecule has 1 fully saturated rings. The summed E-state index contributed by atoms with van der Waals surface area (Å²) in [6.07, 6.45) is 5.60. The van der Waals surface area contributed by atoms with Crippen LogP contribution in [0.5, 0.6) is 0 Å². The zero-order valence-corrected chi connectivity index (χ0v) is 15.2. The lowest BCUT2D eigenvalue weighted by atomic mass is 10.1. The van der Waals surface area contributed by atoms with Gasteiger partial charge in [-0.2, -0.15) is 0 Å². The monoisotopic (exact) mass is 328 g/mol. The van der Waals surface area contributed by atoms with Gasteiger partial charge in [0, 0.05) is 37.7 Å². The van der Waals surface area contributed by atoms with Crippen LogP contribution >= 0.6 is 0 Å². The standard InChI is InChI=1S/C19H28N4O/c1-5-14(4)19(24)22-9-7-15(12-22)18-21-16-6-8-20-10-17(16)23(18)11-13(2)3/h6,8,10,13-15H,5,7,9,11-12H2,1-4H3/t14-,15+/m0/s1. The second-order valence-corrected chi connectivity index (χ2v) is 7.42. The molecule has 1 aliphatic rings. The summed E-state index contributed by atoms with van der Waals surface area (Å²) in [4.78, 5) is 23.7. The molecule has 1 saturated heterocycles. The van der Waals surface area contributed by atoms with E-state index in [0.29, 0.717) is 11.8 Å². The van der Waals surface area contributed by atoms with Crippen molar-refractivity contribution in [3.63, 3.8) is 0 Å². The third kappa shape index (κ3) is 3.17. The quantitative estimate of drug-likeness (QED) is 0.845. The van der Waals surface area contributed by atoms with Crippen molar-refractivity contribution in [2.45, 2.75) is 53.0 Å². The van der Waals surface area contributed by atoms with E-state index in [2.05, 4.69) is 30.3 Å². The van der Waals surface area contributed by atoms with Crippen LogP contribution in [0, 0.1) is 11.8 Å². The second kappa shape index (κ2) is 6.91. The van der Waals surface area contributed by atoms with Gasteiger partial charge in [-0.3, -0.25) is 9.78 Å². The third-order valence-corrected chi connectivity index (χ3v) is 5.03. The van der Waals surface area contributed by atoms with Gasteiger partial charge in [-0.25, -0.2) is 4.98 Å². The fourth-order valence-electron chi connectivity index (χ4n) is 3.51. The molecule has 0 aromatic carbocycles. The number of imidazole rings is 1. The first-order valence-electron chi connectivity index (χ1n) is 9.10. The SMILES string of the molecule is CC[C@H](C)C(=O)N1CC[C@@H](c2nc3ccncc3n2CC(C)C)C1. The molecule has 0 unspecified atom stereocenters. The van der Waals surface area contributed by atoms with Crippen molar-refractivity contribution in [3.05, 3.63) is 24.3 Å². The van der Waals surface area contributed by atoms with Crippen LogP contribution in [0.2, 0.25) is 0 Å². The normalized spacial score (nSPS) is 19.4. The van der Waals surface area contributed by atoms with Crippen LogP contribution in [-0.4, -0.2) is 38.4 Å². The molecule has 5 heteroatoms. The van der Waals surface area contributed by atoms with E-state index in [0.717, 1.165) is 49.3 Å². The Morgan fingerprint density at radius 3 is 2.88 bits per heavy atom. The predicted molar refractivity (Wildman–Crippen MR) is 95.8 cm³/mol. The molecule has 0 N–H and O–H groups in total. The molecule has 0 aliphatic carbocycles. The summed E-state index contributed by atoms with van der Waals surface area (Å²) in [5.41, 5.74) is 2.11. The van der Waals surface area contributed by atoms with Crippen LogP contribution in [-0.2, 0) is 11.3 Å². The van der Waals surface area contributed by atoms with Crippen molar-refractivity contribution in [2.24, 2.45) is 11.8 Å². The first-order valence-corrected chi connectivity index (χ1v) is 9.10. The molecule has 24 heavy (non-hydrogen) atoms. The molecule has 2 atom stereocenters. The minimum atomic E-state index is 0.113. The van der Waals surface area contributed by atoms with Crippen molar-refractivity contribution < 1.29 is 4.79 Å². The highest BCUT2D eigenvalue weighted by Crippen LogP contribution is 2.30. The number of carbonyl (C=O) groups excluding carboxylic acids is 1. The smallest absolute Gasteiger partial charge is 0.225 e. The van der Waals surface area contributed by atoms with Crippen LogP contribution in [0.4, 0.5) is 0 Å². The highest BCUT2D eigenvalue weighted by atomic mass is 16.2. The molecular weight excluding hydrogens is 300 g/mol. The first kappa shape index (κ1) is 16.9. The first-order chi connectivity index (χ1) is 11.5. The number of carbonyl (C=O) groups is 1. The van der Waals surface area contributed by atoms with Crippen molar-refractivity contribution >= 4 is 16.9 Å². The molecule has 0 bridgehead atoms. The van der Waals surface area contributed by atoms with E-state index in [-0.39, 0.29) is 11.8 Å². The molecule has 0 saturated carbocycles. The lowest BCUT2D eigenvalue weighted by Gasteiger charge is -2.20. The highest BCUT2D eigenvalue weighted by Gasteiger charge is 2.32. The van der Waals surface area contributed by atoms with Crippen molar-refractivity contribution in [1.29, 1.82) is 0 Å². The molecule has 0 spiro atoms. The van der Waals surface area contributed by atoms with Crippen LogP contribution in [0.1, 0.15) is 52.3 Å². The van der Waals surface area contributed by atoms with E-state index >= 15 is 0 Å². The molecule has 2 aromatic heterocycles. The van der Waals surface area contributed by atoms with Gasteiger partial charge in [0.2, 0.25) is 5.91 Å². The lowest BCUT2D eigenvalue weighted by molar-refractivity contribution is -0.134. The number of rotatable bonds is 5. The van der Waals surface area contributed by atoms with Gasteiger partial charge in [0.1, 0.15) is 5.82 Å². The fraction of sp³-hybridized carbons (Fsp3) is 0.632. The summed E-state index contributed by atoms with van der Waals surface area (Å²) in [5.74, 6) is 2.38. The van der Waals surface area contributed by atoms with Crippen LogP contribution in [0.25, 0.3) is 11.0 Å². The minimum absolute atomic E-state index is 0.113. The van der Waals surface area contributed by atoms with Crippen molar-refractivity contribution in [3.8, 4) is 0 Å². The van der Waals surface area contributed by atoms with E-state index < -0.39 is 0 Å². The Labute approximate surface area is 144 Å². The van der Waals surface area contributed by atoms with E-state index in [4.69, 9.17) is 4.98 Å². The Morgan fingerprint density at radius 1 is 1.38 bits per heavy atom. The molecule has 5 nitrogen and oxygen atoms in total. The number of hydrogen-bond donors (Lipinski definition) is 0. The van der Waals surface area contributed by atoms with Gasteiger partial charge in [0.15, 0.2) is 0 Å². The average molecular weight is 328 g/mol. The maximum absolute atomic E-state index is 12.5. The average Bonchev–Trinajstić information content (AvgIpc) is 3.18. The molecule has 1 aliphatic heterocycles. The van der Waals surface area contributed by atoms with Gasteiger partial charge < -0.3 is 9.47 Å². The zero-order valence-electron chi connectivity index (χ0n) is 15.2. The summed E-state index contributed by atoms with van der Waals surface area (Å²) in [7, 11) is 0. The maximum atomic E-state index is 12.5. The maximum Gasteiger partial charge on any atom is 0.225 e. The van der Waals surface area contributed by atoms with E-state index in [1.807, 2.05) is 24.1 Å². The van der Waals surface area contributed by atoms with Crippen LogP contribution < -0.4 is 0 Å². The number of hydrogen-bond acceptors (Lipinski definition) is 3. The number of fused-ring (bicyclic) bond motifs is 1. The Bertz CT molecular complexity index is 721. The van der Waals surface area contributed by atoms with Crippen molar-refractivity contribution in [2.75, 3.05) is 13.1 Å². The topological polar surface area (TPSA) is 51.0 Å². The lowest BCUT2D eigenvalue weighted by Crippen LogP contribution is -2.33. The minimum Gasteiger partial charge on any atom is -0.342 e. The van der Waals surface area contributed by atoms with Gasteiger partial charge in [-0.15, -0.1) is 0 Å². The predicted octanol–water partition coefficient (Wildman–Crippen LogP) is 3.45. The Hall–Kier alpha value is -1.91. The van der Waals surface area contributed by atoms with Gasteiger partial charge in [0.05, 0.1) is 17.2 Å². The highest BCUT2D eigenvalue weighted by molar-refractivity contribution is 5.79. The number of nitrogens with zero attached hydrogens (tertiary/aromatic N) is 4. The Morgan fingerprint density at radius 2 is 2.17 bits per heavy atom. The largest absolute Gasteiger partial charge is 0.342 e. The zero-order chi connectivity index (χ0) is 17.3. The molecule has 130 valence electrons. The summed E-state index contributed by atoms with van der Waals surface area (Å²) in [6, 6.07) is 1.98. The third-order valence-electron chi connectivity index (χ3n) is 5.03. The van der Waals surface area contributed by atoms with E-state index in [9.17, 15) is 4.79 Å². The van der Waals surface area contributed by atoms with Gasteiger partial charge in [0.25, 0.3) is 0 Å². The van der Waals surface area contributed by atoms with Crippen LogP contribution in [0.3, 0.4) is 0 Å².